The number of nitrogens with zero attached hydrogens (tertiary/aromatic N) is 1. The second kappa shape index (κ2) is 2.47. The summed E-state index contributed by atoms with van der Waals surface area (Å²) in [5.41, 5.74) is 0. The Kier molecular flexibility index (Phi) is 2.14. The number of hydrogen-bond acceptors (Lipinski definition) is 1. The summed E-state index contributed by atoms with van der Waals surface area (Å²) in [5, 5.41) is 7.53. The van der Waals surface area contributed by atoms with Crippen molar-refractivity contribution < 1.29 is 4.74 Å². The number of hydrogen-bond donors (Lipinski definition) is 0. The third-order valence-electron chi connectivity index (χ3n) is 0.105. The van der Waals surface area contributed by atoms with Gasteiger partial charge in [-0.05, 0) is 6.40 Å². The van der Waals surface area contributed by atoms with Crippen LogP contribution in [0, 0.1) is 0 Å². The summed E-state index contributed by atoms with van der Waals surface area (Å²) in [6, 6.07) is 0. The maximum atomic E-state index is 7.53. The summed E-state index contributed by atoms with van der Waals surface area (Å²) in [7, 11) is 1.38. The summed E-state index contributed by atoms with van der Waals surface area (Å²) in [6.45, 7) is 0. The largest absolute Gasteiger partial charge is 0.778 e. The van der Waals surface area contributed by atoms with E-state index in [2.05, 4.69) is 4.74 Å². The van der Waals surface area contributed by atoms with Crippen molar-refractivity contribution in [3.63, 3.8) is 0 Å². The van der Waals surface area contributed by atoms with Gasteiger partial charge in [-0.3, -0.25) is 0 Å². The molecule has 0 aromatic carbocycles. The minimum absolute atomic E-state index is 0.625. The lowest BCUT2D eigenvalue weighted by molar-refractivity contribution is 0.428. The lowest BCUT2D eigenvalue weighted by atomic mass is 11.5. The van der Waals surface area contributed by atoms with Crippen LogP contribution in [0.1, 0.15) is 0 Å². The topological polar surface area (TPSA) is 31.5 Å². The molecule has 0 aliphatic carbocycles. The van der Waals surface area contributed by atoms with Crippen LogP contribution in [-0.2, 0) is 4.74 Å². The molecule has 0 radical (unpaired) electrons. The zero-order chi connectivity index (χ0) is 3.41. The van der Waals surface area contributed by atoms with Gasteiger partial charge < -0.3 is 10.1 Å². The van der Waals surface area contributed by atoms with Gasteiger partial charge in [0.1, 0.15) is 0 Å². The molecule has 0 saturated carbocycles. The van der Waals surface area contributed by atoms with Crippen LogP contribution >= 0.6 is 0 Å². The predicted octanol–water partition coefficient (Wildman–Crippen LogP) is 0.230. The first-order valence-corrected chi connectivity index (χ1v) is 0.902. The number of methoxy groups -OCH3 is 1. The fraction of sp³-hybridized carbons (Fsp3) is 0.500. The molecule has 0 fully saturated rings. The predicted molar refractivity (Wildman–Crippen MR) is 16.4 cm³/mol. The van der Waals surface area contributed by atoms with E-state index in [-0.39, 0.29) is 0 Å². The molecule has 0 heterocycles. The second-order valence-corrected chi connectivity index (χ2v) is 0.341. The molecule has 0 unspecified atom stereocenters. The zero-order valence-corrected chi connectivity index (χ0v) is 2.43. The Morgan fingerprint density at radius 2 is 2.25 bits per heavy atom. The van der Waals surface area contributed by atoms with Gasteiger partial charge in [-0.25, -0.2) is 0 Å². The van der Waals surface area contributed by atoms with Crippen LogP contribution in [0.3, 0.4) is 0 Å². The maximum absolute atomic E-state index is 7.53. The Morgan fingerprint density at radius 3 is 2.25 bits per heavy atom. The van der Waals surface area contributed by atoms with Crippen molar-refractivity contribution in [2.24, 2.45) is 0 Å². The molecule has 0 aliphatic heterocycles. The van der Waals surface area contributed by atoms with Crippen LogP contribution in [0.4, 0.5) is 0 Å². The van der Waals surface area contributed by atoms with Crippen molar-refractivity contribution in [3.8, 4) is 0 Å². The maximum Gasteiger partial charge on any atom is 0.0738 e. The Labute approximate surface area is 24.9 Å². The average molecular weight is 58.1 g/mol. The fourth-order valence-corrected chi connectivity index (χ4v) is 0. The molecule has 0 spiro atoms. The van der Waals surface area contributed by atoms with Crippen LogP contribution < -0.4 is 0 Å². The number of ether oxygens (including phenoxy) is 1. The van der Waals surface area contributed by atoms with Crippen molar-refractivity contribution in [3.05, 3.63) is 5.41 Å². The van der Waals surface area contributed by atoms with Crippen molar-refractivity contribution in [2.75, 3.05) is 7.11 Å². The van der Waals surface area contributed by atoms with Gasteiger partial charge in [-0.15, -0.1) is 0 Å². The minimum atomic E-state index is 0.625. The lowest BCUT2D eigenvalue weighted by Crippen LogP contribution is -1.65. The first-order chi connectivity index (χ1) is 1.91. The molecular formula is C2H4NO-. The van der Waals surface area contributed by atoms with E-state index in [4.69, 9.17) is 5.41 Å². The lowest BCUT2D eigenvalue weighted by Gasteiger charge is -1.82. The standard InChI is InChI=1S/C2H4NO/c1-4-2-3/h2H,1H3/q-1. The molecule has 2 heteroatoms. The van der Waals surface area contributed by atoms with Gasteiger partial charge in [0.25, 0.3) is 0 Å². The fourth-order valence-electron chi connectivity index (χ4n) is 0. The van der Waals surface area contributed by atoms with Gasteiger partial charge in [0.15, 0.2) is 0 Å². The van der Waals surface area contributed by atoms with Crippen molar-refractivity contribution in [1.82, 2.24) is 0 Å². The molecule has 0 rings (SSSR count). The van der Waals surface area contributed by atoms with Crippen molar-refractivity contribution in [2.45, 2.75) is 0 Å². The molecule has 0 aromatic rings. The van der Waals surface area contributed by atoms with E-state index in [1.54, 1.807) is 0 Å². The van der Waals surface area contributed by atoms with Crippen LogP contribution in [0.5, 0.6) is 0 Å². The van der Waals surface area contributed by atoms with E-state index >= 15 is 0 Å². The smallest absolute Gasteiger partial charge is 0.0738 e. The molecule has 24 valence electrons. The van der Waals surface area contributed by atoms with Gasteiger partial charge >= 0.3 is 0 Å². The Hall–Kier alpha value is -0.530. The second-order valence-electron chi connectivity index (χ2n) is 0.341. The molecule has 4 heavy (non-hydrogen) atoms. The molecule has 0 aliphatic rings. The molecule has 0 amide bonds. The SMILES string of the molecule is COC=[N-]. The minimum Gasteiger partial charge on any atom is -0.778 e. The quantitative estimate of drug-likeness (QED) is 0.313. The summed E-state index contributed by atoms with van der Waals surface area (Å²) < 4.78 is 3.97. The monoisotopic (exact) mass is 58.0 g/mol. The molecule has 0 saturated heterocycles. The van der Waals surface area contributed by atoms with E-state index in [0.29, 0.717) is 6.40 Å². The first-order valence-electron chi connectivity index (χ1n) is 0.902. The molecule has 0 atom stereocenters. The van der Waals surface area contributed by atoms with Crippen LogP contribution in [0.25, 0.3) is 5.41 Å². The van der Waals surface area contributed by atoms with Gasteiger partial charge in [-0.2, -0.15) is 0 Å². The van der Waals surface area contributed by atoms with Crippen molar-refractivity contribution >= 4 is 6.40 Å². The van der Waals surface area contributed by atoms with E-state index in [0.717, 1.165) is 0 Å². The highest BCUT2D eigenvalue weighted by Crippen LogP contribution is 1.39. The van der Waals surface area contributed by atoms with Gasteiger partial charge in [0.2, 0.25) is 0 Å². The number of rotatable bonds is 1. The summed E-state index contributed by atoms with van der Waals surface area (Å²) in [6.07, 6.45) is 0.625. The highest BCUT2D eigenvalue weighted by atomic mass is 16.5. The molecule has 0 N–H and O–H groups in total. The van der Waals surface area contributed by atoms with Gasteiger partial charge in [-0.1, -0.05) is 0 Å². The molecule has 0 aromatic heterocycles. The highest BCUT2D eigenvalue weighted by molar-refractivity contribution is 5.49. The zero-order valence-electron chi connectivity index (χ0n) is 2.43. The third-order valence-corrected chi connectivity index (χ3v) is 0.105. The summed E-state index contributed by atoms with van der Waals surface area (Å²) >= 11 is 0. The van der Waals surface area contributed by atoms with Crippen LogP contribution in [-0.4, -0.2) is 13.5 Å². The molecule has 0 bridgehead atoms. The first kappa shape index (κ1) is 3.47. The third kappa shape index (κ3) is 1.47. The summed E-state index contributed by atoms with van der Waals surface area (Å²) in [5.74, 6) is 0. The van der Waals surface area contributed by atoms with Crippen LogP contribution in [0.15, 0.2) is 0 Å². The van der Waals surface area contributed by atoms with E-state index in [1.165, 1.54) is 7.11 Å². The molecular weight excluding hydrogens is 54.0 g/mol. The van der Waals surface area contributed by atoms with E-state index in [9.17, 15) is 0 Å². The molecule has 2 nitrogen and oxygen atoms in total. The summed E-state index contributed by atoms with van der Waals surface area (Å²) in [4.78, 5) is 0. The Bertz CT molecular complexity index is 20.0. The Morgan fingerprint density at radius 1 is 2.00 bits per heavy atom. The van der Waals surface area contributed by atoms with Crippen LogP contribution in [0.2, 0.25) is 0 Å². The highest BCUT2D eigenvalue weighted by Gasteiger charge is 1.26. The van der Waals surface area contributed by atoms with Gasteiger partial charge in [0.05, 0.1) is 7.11 Å². The van der Waals surface area contributed by atoms with Gasteiger partial charge in [0, 0.05) is 0 Å². The van der Waals surface area contributed by atoms with E-state index < -0.39 is 0 Å². The average Bonchev–Trinajstić information content (AvgIpc) is 1.37. The van der Waals surface area contributed by atoms with E-state index in [1.807, 2.05) is 0 Å². The Balaban J connectivity index is 2.30. The normalized spacial score (nSPS) is 5.25. The van der Waals surface area contributed by atoms with Crippen molar-refractivity contribution in [1.29, 1.82) is 0 Å².